The van der Waals surface area contributed by atoms with Crippen LogP contribution < -0.4 is 10.1 Å². The number of thiophene rings is 1. The first kappa shape index (κ1) is 15.1. The Morgan fingerprint density at radius 2 is 1.90 bits per heavy atom. The third kappa shape index (κ3) is 3.05. The molecule has 0 spiro atoms. The molecule has 0 saturated carbocycles. The van der Waals surface area contributed by atoms with E-state index in [1.807, 2.05) is 11.3 Å². The number of aryl methyl sites for hydroxylation is 3. The lowest BCUT2D eigenvalue weighted by Gasteiger charge is -2.19. The predicted octanol–water partition coefficient (Wildman–Crippen LogP) is 4.38. The summed E-state index contributed by atoms with van der Waals surface area (Å²) in [7, 11) is 1.73. The fraction of sp³-hybridized carbons (Fsp3) is 0.412. The Balaban J connectivity index is 2.45. The van der Waals surface area contributed by atoms with Gasteiger partial charge in [0.2, 0.25) is 0 Å². The van der Waals surface area contributed by atoms with Crippen molar-refractivity contribution in [1.82, 2.24) is 5.32 Å². The summed E-state index contributed by atoms with van der Waals surface area (Å²) in [5.41, 5.74) is 3.79. The number of nitrogens with one attached hydrogen (secondary N) is 1. The van der Waals surface area contributed by atoms with Crippen LogP contribution in [0.5, 0.6) is 5.75 Å². The van der Waals surface area contributed by atoms with Gasteiger partial charge in [0.25, 0.3) is 0 Å². The zero-order chi connectivity index (χ0) is 14.7. The molecule has 2 rings (SSSR count). The molecule has 0 saturated heterocycles. The maximum atomic E-state index is 5.46. The average molecular weight is 289 g/mol. The maximum Gasteiger partial charge on any atom is 0.122 e. The molecular formula is C17H23NOS. The van der Waals surface area contributed by atoms with Crippen molar-refractivity contribution >= 4 is 11.3 Å². The van der Waals surface area contributed by atoms with E-state index in [9.17, 15) is 0 Å². The molecule has 0 aliphatic carbocycles. The van der Waals surface area contributed by atoms with E-state index >= 15 is 0 Å². The molecule has 2 nitrogen and oxygen atoms in total. The smallest absolute Gasteiger partial charge is 0.122 e. The highest BCUT2D eigenvalue weighted by Gasteiger charge is 2.18. The Kier molecular flexibility index (Phi) is 4.84. The maximum absolute atomic E-state index is 5.46. The number of hydrogen-bond acceptors (Lipinski definition) is 3. The standard InChI is InChI=1S/C17H23NOS/c1-6-18-16(17-12(3)9-13(4)20-17)14-8-7-11(2)15(10-14)19-5/h7-10,16,18H,6H2,1-5H3. The van der Waals surface area contributed by atoms with Gasteiger partial charge in [-0.3, -0.25) is 0 Å². The van der Waals surface area contributed by atoms with Crippen LogP contribution in [-0.2, 0) is 0 Å². The SMILES string of the molecule is CCNC(c1ccc(C)c(OC)c1)c1sc(C)cc1C. The highest BCUT2D eigenvalue weighted by atomic mass is 32.1. The molecule has 0 bridgehead atoms. The van der Waals surface area contributed by atoms with E-state index in [0.29, 0.717) is 0 Å². The summed E-state index contributed by atoms with van der Waals surface area (Å²) >= 11 is 1.87. The Hall–Kier alpha value is -1.32. The number of methoxy groups -OCH3 is 1. The van der Waals surface area contributed by atoms with E-state index in [2.05, 4.69) is 57.3 Å². The third-order valence-electron chi connectivity index (χ3n) is 3.52. The molecule has 2 aromatic rings. The van der Waals surface area contributed by atoms with Crippen LogP contribution in [0.1, 0.15) is 39.4 Å². The Morgan fingerprint density at radius 3 is 2.45 bits per heavy atom. The molecule has 1 aromatic carbocycles. The van der Waals surface area contributed by atoms with E-state index in [1.54, 1.807) is 7.11 Å². The van der Waals surface area contributed by atoms with E-state index in [0.717, 1.165) is 12.3 Å². The molecule has 20 heavy (non-hydrogen) atoms. The molecule has 108 valence electrons. The monoisotopic (exact) mass is 289 g/mol. The van der Waals surface area contributed by atoms with Gasteiger partial charge in [0.15, 0.2) is 0 Å². The summed E-state index contributed by atoms with van der Waals surface area (Å²) in [4.78, 5) is 2.76. The van der Waals surface area contributed by atoms with E-state index in [1.165, 1.54) is 26.4 Å². The van der Waals surface area contributed by atoms with Crippen LogP contribution in [0.3, 0.4) is 0 Å². The van der Waals surface area contributed by atoms with Crippen molar-refractivity contribution < 1.29 is 4.74 Å². The summed E-state index contributed by atoms with van der Waals surface area (Å²) in [6.45, 7) is 9.52. The molecule has 0 amide bonds. The van der Waals surface area contributed by atoms with Gasteiger partial charge in [-0.25, -0.2) is 0 Å². The topological polar surface area (TPSA) is 21.3 Å². The molecule has 1 heterocycles. The second-order valence-corrected chi connectivity index (χ2v) is 6.41. The van der Waals surface area contributed by atoms with Crippen molar-refractivity contribution in [3.05, 3.63) is 50.7 Å². The lowest BCUT2D eigenvalue weighted by molar-refractivity contribution is 0.410. The Bertz CT molecular complexity index is 589. The lowest BCUT2D eigenvalue weighted by Crippen LogP contribution is -2.21. The summed E-state index contributed by atoms with van der Waals surface area (Å²) in [5, 5.41) is 3.59. The lowest BCUT2D eigenvalue weighted by atomic mass is 10.0. The van der Waals surface area contributed by atoms with E-state index < -0.39 is 0 Å². The third-order valence-corrected chi connectivity index (χ3v) is 4.73. The average Bonchev–Trinajstić information content (AvgIpc) is 2.75. The fourth-order valence-corrected chi connectivity index (χ4v) is 3.67. The Labute approximate surface area is 125 Å². The zero-order valence-electron chi connectivity index (χ0n) is 12.9. The molecule has 0 aliphatic heterocycles. The van der Waals surface area contributed by atoms with Crippen LogP contribution in [0.2, 0.25) is 0 Å². The second-order valence-electron chi connectivity index (χ2n) is 5.12. The van der Waals surface area contributed by atoms with Crippen LogP contribution in [0.25, 0.3) is 0 Å². The van der Waals surface area contributed by atoms with Crippen molar-refractivity contribution in [2.24, 2.45) is 0 Å². The molecule has 0 aliphatic rings. The van der Waals surface area contributed by atoms with E-state index in [-0.39, 0.29) is 6.04 Å². The molecule has 1 aromatic heterocycles. The predicted molar refractivity (Wildman–Crippen MR) is 87.0 cm³/mol. The molecule has 0 fully saturated rings. The quantitative estimate of drug-likeness (QED) is 0.882. The van der Waals surface area contributed by atoms with Crippen molar-refractivity contribution in [1.29, 1.82) is 0 Å². The molecule has 3 heteroatoms. The van der Waals surface area contributed by atoms with Crippen molar-refractivity contribution in [2.75, 3.05) is 13.7 Å². The number of ether oxygens (including phenoxy) is 1. The van der Waals surface area contributed by atoms with Crippen LogP contribution in [0, 0.1) is 20.8 Å². The highest BCUT2D eigenvalue weighted by Crippen LogP contribution is 2.33. The van der Waals surface area contributed by atoms with Crippen LogP contribution in [0.4, 0.5) is 0 Å². The van der Waals surface area contributed by atoms with Gasteiger partial charge in [0, 0.05) is 9.75 Å². The minimum atomic E-state index is 0.244. The summed E-state index contributed by atoms with van der Waals surface area (Å²) in [6.07, 6.45) is 0. The summed E-state index contributed by atoms with van der Waals surface area (Å²) < 4.78 is 5.46. The normalized spacial score (nSPS) is 12.4. The number of benzene rings is 1. The minimum Gasteiger partial charge on any atom is -0.496 e. The van der Waals surface area contributed by atoms with Gasteiger partial charge >= 0.3 is 0 Å². The van der Waals surface area contributed by atoms with Crippen LogP contribution in [-0.4, -0.2) is 13.7 Å². The van der Waals surface area contributed by atoms with Crippen molar-refractivity contribution in [2.45, 2.75) is 33.7 Å². The van der Waals surface area contributed by atoms with Gasteiger partial charge in [-0.15, -0.1) is 11.3 Å². The molecule has 1 N–H and O–H groups in total. The van der Waals surface area contributed by atoms with Crippen LogP contribution in [0.15, 0.2) is 24.3 Å². The summed E-state index contributed by atoms with van der Waals surface area (Å²) in [5.74, 6) is 0.955. The highest BCUT2D eigenvalue weighted by molar-refractivity contribution is 7.12. The van der Waals surface area contributed by atoms with Gasteiger partial charge < -0.3 is 10.1 Å². The first-order valence-electron chi connectivity index (χ1n) is 7.01. The van der Waals surface area contributed by atoms with Crippen LogP contribution >= 0.6 is 11.3 Å². The van der Waals surface area contributed by atoms with Gasteiger partial charge in [0.05, 0.1) is 13.2 Å². The van der Waals surface area contributed by atoms with Gasteiger partial charge in [-0.05, 0) is 56.1 Å². The second kappa shape index (κ2) is 6.42. The van der Waals surface area contributed by atoms with Crippen molar-refractivity contribution in [3.8, 4) is 5.75 Å². The zero-order valence-corrected chi connectivity index (χ0v) is 13.7. The fourth-order valence-electron chi connectivity index (χ4n) is 2.53. The first-order chi connectivity index (χ1) is 9.56. The molecular weight excluding hydrogens is 266 g/mol. The van der Waals surface area contributed by atoms with Gasteiger partial charge in [0.1, 0.15) is 5.75 Å². The van der Waals surface area contributed by atoms with Gasteiger partial charge in [-0.1, -0.05) is 19.1 Å². The molecule has 1 unspecified atom stereocenters. The Morgan fingerprint density at radius 1 is 1.15 bits per heavy atom. The largest absolute Gasteiger partial charge is 0.496 e. The summed E-state index contributed by atoms with van der Waals surface area (Å²) in [6, 6.07) is 8.98. The first-order valence-corrected chi connectivity index (χ1v) is 7.83. The van der Waals surface area contributed by atoms with E-state index in [4.69, 9.17) is 4.74 Å². The molecule has 0 radical (unpaired) electrons. The van der Waals surface area contributed by atoms with Crippen molar-refractivity contribution in [3.63, 3.8) is 0 Å². The number of rotatable bonds is 5. The van der Waals surface area contributed by atoms with Gasteiger partial charge in [-0.2, -0.15) is 0 Å². The number of hydrogen-bond donors (Lipinski definition) is 1. The minimum absolute atomic E-state index is 0.244. The molecule has 1 atom stereocenters.